The molecule has 0 heterocycles. The number of rotatable bonds is 6. The minimum absolute atomic E-state index is 0.204. The van der Waals surface area contributed by atoms with Gasteiger partial charge in [-0.25, -0.2) is 0 Å². The number of carbonyl (C=O) groups excluding carboxylic acids is 1. The van der Waals surface area contributed by atoms with Crippen molar-refractivity contribution in [1.82, 2.24) is 5.32 Å². The van der Waals surface area contributed by atoms with Crippen molar-refractivity contribution in [1.29, 1.82) is 0 Å². The van der Waals surface area contributed by atoms with Crippen LogP contribution in [0, 0.1) is 6.92 Å². The maximum Gasteiger partial charge on any atom is 0.255 e. The molecule has 2 aromatic rings. The highest BCUT2D eigenvalue weighted by atomic mass is 16.5. The average molecular weight is 314 g/mol. The second-order valence-electron chi connectivity index (χ2n) is 5.15. The summed E-state index contributed by atoms with van der Waals surface area (Å²) in [4.78, 5) is 12.6. The van der Waals surface area contributed by atoms with E-state index < -0.39 is 0 Å². The summed E-state index contributed by atoms with van der Waals surface area (Å²) in [5.41, 5.74) is 3.16. The Morgan fingerprint density at radius 3 is 2.26 bits per heavy atom. The van der Waals surface area contributed by atoms with Crippen LogP contribution in [0.15, 0.2) is 36.4 Å². The Labute approximate surface area is 136 Å². The van der Waals surface area contributed by atoms with E-state index >= 15 is 0 Å². The van der Waals surface area contributed by atoms with E-state index in [0.29, 0.717) is 23.6 Å². The summed E-state index contributed by atoms with van der Waals surface area (Å²) < 4.78 is 10.6. The fourth-order valence-corrected chi connectivity index (χ4v) is 2.40. The van der Waals surface area contributed by atoms with Crippen molar-refractivity contribution in [2.75, 3.05) is 26.6 Å². The zero-order valence-electron chi connectivity index (χ0n) is 13.9. The Balaban J connectivity index is 2.31. The molecule has 122 valence electrons. The SMILES string of the molecule is CNCc1ccccc1NC(=O)c1cc(OC)c(C)c(OC)c1. The topological polar surface area (TPSA) is 59.6 Å². The summed E-state index contributed by atoms with van der Waals surface area (Å²) in [5.74, 6) is 1.04. The normalized spacial score (nSPS) is 10.3. The van der Waals surface area contributed by atoms with Gasteiger partial charge in [-0.1, -0.05) is 18.2 Å². The smallest absolute Gasteiger partial charge is 0.255 e. The van der Waals surface area contributed by atoms with Crippen molar-refractivity contribution in [3.05, 3.63) is 53.1 Å². The summed E-state index contributed by atoms with van der Waals surface area (Å²) in [6.45, 7) is 2.57. The molecule has 1 amide bonds. The van der Waals surface area contributed by atoms with Gasteiger partial charge in [-0.05, 0) is 37.7 Å². The fraction of sp³-hybridized carbons (Fsp3) is 0.278. The molecule has 0 unspecified atom stereocenters. The molecule has 0 spiro atoms. The molecular formula is C18H22N2O3. The predicted molar refractivity (Wildman–Crippen MR) is 91.4 cm³/mol. The van der Waals surface area contributed by atoms with Crippen LogP contribution in [-0.4, -0.2) is 27.2 Å². The first kappa shape index (κ1) is 16.8. The molecule has 2 N–H and O–H groups in total. The predicted octanol–water partition coefficient (Wildman–Crippen LogP) is 2.98. The second-order valence-corrected chi connectivity index (χ2v) is 5.15. The van der Waals surface area contributed by atoms with Gasteiger partial charge in [0.1, 0.15) is 11.5 Å². The molecule has 2 rings (SSSR count). The van der Waals surface area contributed by atoms with E-state index in [0.717, 1.165) is 16.8 Å². The average Bonchev–Trinajstić information content (AvgIpc) is 2.57. The van der Waals surface area contributed by atoms with Gasteiger partial charge in [-0.2, -0.15) is 0 Å². The van der Waals surface area contributed by atoms with Gasteiger partial charge < -0.3 is 20.1 Å². The number of benzene rings is 2. The van der Waals surface area contributed by atoms with Gasteiger partial charge in [0.15, 0.2) is 0 Å². The van der Waals surface area contributed by atoms with Crippen LogP contribution in [0.4, 0.5) is 5.69 Å². The van der Waals surface area contributed by atoms with E-state index in [-0.39, 0.29) is 5.91 Å². The number of hydrogen-bond donors (Lipinski definition) is 2. The maximum atomic E-state index is 12.6. The summed E-state index contributed by atoms with van der Waals surface area (Å²) >= 11 is 0. The van der Waals surface area contributed by atoms with Gasteiger partial charge in [0, 0.05) is 23.4 Å². The monoisotopic (exact) mass is 314 g/mol. The number of ether oxygens (including phenoxy) is 2. The molecule has 0 aromatic heterocycles. The molecule has 23 heavy (non-hydrogen) atoms. The lowest BCUT2D eigenvalue weighted by molar-refractivity contribution is 0.102. The highest BCUT2D eigenvalue weighted by molar-refractivity contribution is 6.05. The van der Waals surface area contributed by atoms with Crippen molar-refractivity contribution in [2.24, 2.45) is 0 Å². The maximum absolute atomic E-state index is 12.6. The van der Waals surface area contributed by atoms with Crippen LogP contribution in [-0.2, 0) is 6.54 Å². The van der Waals surface area contributed by atoms with Crippen molar-refractivity contribution >= 4 is 11.6 Å². The Morgan fingerprint density at radius 2 is 1.70 bits per heavy atom. The lowest BCUT2D eigenvalue weighted by Crippen LogP contribution is -2.15. The van der Waals surface area contributed by atoms with Crippen LogP contribution in [0.3, 0.4) is 0 Å². The molecule has 0 atom stereocenters. The molecule has 0 aliphatic rings. The number of methoxy groups -OCH3 is 2. The third kappa shape index (κ3) is 3.81. The molecule has 0 bridgehead atoms. The number of carbonyl (C=O) groups is 1. The first-order valence-electron chi connectivity index (χ1n) is 7.37. The Kier molecular flexibility index (Phi) is 5.60. The van der Waals surface area contributed by atoms with Gasteiger partial charge >= 0.3 is 0 Å². The van der Waals surface area contributed by atoms with E-state index in [1.807, 2.05) is 38.2 Å². The summed E-state index contributed by atoms with van der Waals surface area (Å²) in [6.07, 6.45) is 0. The minimum atomic E-state index is -0.204. The van der Waals surface area contributed by atoms with Crippen LogP contribution >= 0.6 is 0 Å². The molecule has 2 aromatic carbocycles. The molecular weight excluding hydrogens is 292 g/mol. The van der Waals surface area contributed by atoms with E-state index in [1.165, 1.54) is 0 Å². The zero-order valence-corrected chi connectivity index (χ0v) is 13.9. The number of amides is 1. The Bertz CT molecular complexity index is 673. The van der Waals surface area contributed by atoms with Crippen LogP contribution < -0.4 is 20.1 Å². The fourth-order valence-electron chi connectivity index (χ4n) is 2.40. The zero-order chi connectivity index (χ0) is 16.8. The van der Waals surface area contributed by atoms with Gasteiger partial charge in [-0.3, -0.25) is 4.79 Å². The van der Waals surface area contributed by atoms with E-state index in [2.05, 4.69) is 10.6 Å². The number of hydrogen-bond acceptors (Lipinski definition) is 4. The Morgan fingerprint density at radius 1 is 1.09 bits per heavy atom. The van der Waals surface area contributed by atoms with Crippen molar-refractivity contribution in [3.8, 4) is 11.5 Å². The number of anilines is 1. The van der Waals surface area contributed by atoms with Gasteiger partial charge in [0.05, 0.1) is 14.2 Å². The van der Waals surface area contributed by atoms with Gasteiger partial charge in [0.2, 0.25) is 0 Å². The molecule has 5 heteroatoms. The van der Waals surface area contributed by atoms with Crippen molar-refractivity contribution in [2.45, 2.75) is 13.5 Å². The minimum Gasteiger partial charge on any atom is -0.496 e. The third-order valence-corrected chi connectivity index (χ3v) is 3.65. The highest BCUT2D eigenvalue weighted by Gasteiger charge is 2.14. The number of nitrogens with one attached hydrogen (secondary N) is 2. The molecule has 0 saturated heterocycles. The third-order valence-electron chi connectivity index (χ3n) is 3.65. The molecule has 0 saturated carbocycles. The van der Waals surface area contributed by atoms with E-state index in [4.69, 9.17) is 9.47 Å². The second kappa shape index (κ2) is 7.65. The molecule has 0 aliphatic carbocycles. The van der Waals surface area contributed by atoms with E-state index in [9.17, 15) is 4.79 Å². The lowest BCUT2D eigenvalue weighted by atomic mass is 10.1. The molecule has 0 fully saturated rings. The largest absolute Gasteiger partial charge is 0.496 e. The van der Waals surface area contributed by atoms with Crippen LogP contribution in [0.1, 0.15) is 21.5 Å². The summed E-state index contributed by atoms with van der Waals surface area (Å²) in [5, 5.41) is 6.03. The lowest BCUT2D eigenvalue weighted by Gasteiger charge is -2.14. The van der Waals surface area contributed by atoms with Crippen LogP contribution in [0.25, 0.3) is 0 Å². The van der Waals surface area contributed by atoms with Crippen molar-refractivity contribution in [3.63, 3.8) is 0 Å². The number of para-hydroxylation sites is 1. The Hall–Kier alpha value is -2.53. The van der Waals surface area contributed by atoms with Crippen molar-refractivity contribution < 1.29 is 14.3 Å². The first-order valence-corrected chi connectivity index (χ1v) is 7.37. The van der Waals surface area contributed by atoms with E-state index in [1.54, 1.807) is 26.4 Å². The van der Waals surface area contributed by atoms with Gasteiger partial charge in [-0.15, -0.1) is 0 Å². The molecule has 0 radical (unpaired) electrons. The molecule has 0 aliphatic heterocycles. The van der Waals surface area contributed by atoms with Gasteiger partial charge in [0.25, 0.3) is 5.91 Å². The van der Waals surface area contributed by atoms with Crippen LogP contribution in [0.5, 0.6) is 11.5 Å². The standard InChI is InChI=1S/C18H22N2O3/c1-12-16(22-3)9-14(10-17(12)23-4)18(21)20-15-8-6-5-7-13(15)11-19-2/h5-10,19H,11H2,1-4H3,(H,20,21). The highest BCUT2D eigenvalue weighted by Crippen LogP contribution is 2.30. The van der Waals surface area contributed by atoms with Crippen LogP contribution in [0.2, 0.25) is 0 Å². The quantitative estimate of drug-likeness (QED) is 0.860. The summed E-state index contributed by atoms with van der Waals surface area (Å²) in [6, 6.07) is 11.1. The first-order chi connectivity index (χ1) is 11.1. The molecule has 5 nitrogen and oxygen atoms in total. The summed E-state index contributed by atoms with van der Waals surface area (Å²) in [7, 11) is 5.02.